The molecule has 2 aromatic carbocycles. The van der Waals surface area contributed by atoms with Crippen LogP contribution in [0.4, 0.5) is 4.39 Å². The van der Waals surface area contributed by atoms with E-state index in [0.717, 1.165) is 22.0 Å². The molecule has 2 amide bonds. The van der Waals surface area contributed by atoms with Crippen LogP contribution in [0.15, 0.2) is 46.9 Å². The first-order valence-electron chi connectivity index (χ1n) is 10.5. The minimum absolute atomic E-state index is 0.00585. The second-order valence-electron chi connectivity index (χ2n) is 7.59. The number of amides is 2. The Kier molecular flexibility index (Phi) is 9.49. The Hall–Kier alpha value is -2.41. The molecule has 0 fully saturated rings. The molecule has 2 atom stereocenters. The molecule has 168 valence electrons. The van der Waals surface area contributed by atoms with Crippen LogP contribution < -0.4 is 10.1 Å². The maximum Gasteiger partial charge on any atom is 0.261 e. The van der Waals surface area contributed by atoms with Crippen LogP contribution in [0.25, 0.3) is 0 Å². The summed E-state index contributed by atoms with van der Waals surface area (Å²) in [5.41, 5.74) is 1.73. The number of hydrogen-bond donors (Lipinski definition) is 1. The first kappa shape index (κ1) is 24.9. The van der Waals surface area contributed by atoms with Crippen LogP contribution in [-0.4, -0.2) is 35.4 Å². The molecule has 31 heavy (non-hydrogen) atoms. The van der Waals surface area contributed by atoms with Crippen molar-refractivity contribution in [3.05, 3.63) is 63.9 Å². The summed E-state index contributed by atoms with van der Waals surface area (Å²) in [6.45, 7) is 7.71. The molecule has 2 aromatic rings. The summed E-state index contributed by atoms with van der Waals surface area (Å²) in [4.78, 5) is 27.5. The standard InChI is InChI=1S/C24H30BrFN2O3/c1-5-17(4)27-24(30)22(6-2)28(14-18-7-9-19(26)10-8-18)23(29)15-31-20-11-12-21(25)16(3)13-20/h7-13,17,22H,5-6,14-15H2,1-4H3,(H,27,30)/t17-,22+/m1/s1. The highest BCUT2D eigenvalue weighted by atomic mass is 79.9. The molecule has 7 heteroatoms. The van der Waals surface area contributed by atoms with E-state index in [9.17, 15) is 14.0 Å². The van der Waals surface area contributed by atoms with Gasteiger partial charge in [-0.05, 0) is 68.1 Å². The summed E-state index contributed by atoms with van der Waals surface area (Å²) in [5, 5.41) is 2.96. The molecule has 0 aromatic heterocycles. The van der Waals surface area contributed by atoms with E-state index < -0.39 is 6.04 Å². The van der Waals surface area contributed by atoms with E-state index >= 15 is 0 Å². The van der Waals surface area contributed by atoms with Gasteiger partial charge in [-0.25, -0.2) is 4.39 Å². The van der Waals surface area contributed by atoms with Crippen molar-refractivity contribution in [1.82, 2.24) is 10.2 Å². The highest BCUT2D eigenvalue weighted by Gasteiger charge is 2.29. The van der Waals surface area contributed by atoms with Gasteiger partial charge < -0.3 is 15.0 Å². The topological polar surface area (TPSA) is 58.6 Å². The van der Waals surface area contributed by atoms with Crippen LogP contribution in [0, 0.1) is 12.7 Å². The molecule has 0 aliphatic rings. The lowest BCUT2D eigenvalue weighted by molar-refractivity contribution is -0.143. The molecule has 0 spiro atoms. The molecule has 0 radical (unpaired) electrons. The van der Waals surface area contributed by atoms with E-state index in [1.807, 2.05) is 39.8 Å². The number of carbonyl (C=O) groups excluding carboxylic acids is 2. The predicted molar refractivity (Wildman–Crippen MR) is 123 cm³/mol. The summed E-state index contributed by atoms with van der Waals surface area (Å²) in [6.07, 6.45) is 1.24. The van der Waals surface area contributed by atoms with Crippen molar-refractivity contribution in [2.45, 2.75) is 59.2 Å². The lowest BCUT2D eigenvalue weighted by Gasteiger charge is -2.31. The van der Waals surface area contributed by atoms with Crippen molar-refractivity contribution in [2.24, 2.45) is 0 Å². The molecule has 0 aliphatic heterocycles. The number of aryl methyl sites for hydroxylation is 1. The van der Waals surface area contributed by atoms with Crippen molar-refractivity contribution in [1.29, 1.82) is 0 Å². The maximum absolute atomic E-state index is 13.3. The average molecular weight is 493 g/mol. The van der Waals surface area contributed by atoms with Crippen LogP contribution in [-0.2, 0) is 16.1 Å². The van der Waals surface area contributed by atoms with Gasteiger partial charge in [-0.15, -0.1) is 0 Å². The quantitative estimate of drug-likeness (QED) is 0.507. The number of ether oxygens (including phenoxy) is 1. The number of hydrogen-bond acceptors (Lipinski definition) is 3. The zero-order chi connectivity index (χ0) is 23.0. The molecule has 1 N–H and O–H groups in total. The zero-order valence-corrected chi connectivity index (χ0v) is 20.0. The summed E-state index contributed by atoms with van der Waals surface area (Å²) in [5.74, 6) is -0.284. The fourth-order valence-corrected chi connectivity index (χ4v) is 3.33. The van der Waals surface area contributed by atoms with E-state index in [4.69, 9.17) is 4.74 Å². The van der Waals surface area contributed by atoms with Crippen molar-refractivity contribution in [3.63, 3.8) is 0 Å². The van der Waals surface area contributed by atoms with Crippen LogP contribution in [0.5, 0.6) is 5.75 Å². The molecular weight excluding hydrogens is 463 g/mol. The Morgan fingerprint density at radius 3 is 2.39 bits per heavy atom. The van der Waals surface area contributed by atoms with Gasteiger partial charge in [-0.2, -0.15) is 0 Å². The third kappa shape index (κ3) is 7.35. The van der Waals surface area contributed by atoms with Crippen molar-refractivity contribution >= 4 is 27.7 Å². The highest BCUT2D eigenvalue weighted by molar-refractivity contribution is 9.10. The largest absolute Gasteiger partial charge is 0.484 e. The maximum atomic E-state index is 13.3. The van der Waals surface area contributed by atoms with E-state index in [-0.39, 0.29) is 36.8 Å². The summed E-state index contributed by atoms with van der Waals surface area (Å²) in [7, 11) is 0. The molecule has 0 bridgehead atoms. The van der Waals surface area contributed by atoms with E-state index in [1.165, 1.54) is 17.0 Å². The lowest BCUT2D eigenvalue weighted by atomic mass is 10.1. The minimum atomic E-state index is -0.651. The normalized spacial score (nSPS) is 12.7. The zero-order valence-electron chi connectivity index (χ0n) is 18.5. The van der Waals surface area contributed by atoms with Crippen molar-refractivity contribution in [2.75, 3.05) is 6.61 Å². The fraction of sp³-hybridized carbons (Fsp3) is 0.417. The molecular formula is C24H30BrFN2O3. The Balaban J connectivity index is 2.21. The van der Waals surface area contributed by atoms with Gasteiger partial charge in [0.2, 0.25) is 5.91 Å². The van der Waals surface area contributed by atoms with E-state index in [2.05, 4.69) is 21.2 Å². The summed E-state index contributed by atoms with van der Waals surface area (Å²) >= 11 is 3.44. The molecule has 5 nitrogen and oxygen atoms in total. The smallest absolute Gasteiger partial charge is 0.261 e. The third-order valence-electron chi connectivity index (χ3n) is 5.14. The Morgan fingerprint density at radius 2 is 1.81 bits per heavy atom. The third-order valence-corrected chi connectivity index (χ3v) is 6.03. The molecule has 0 saturated carbocycles. The Morgan fingerprint density at radius 1 is 1.13 bits per heavy atom. The number of rotatable bonds is 10. The lowest BCUT2D eigenvalue weighted by Crippen LogP contribution is -2.51. The summed E-state index contributed by atoms with van der Waals surface area (Å²) in [6, 6.07) is 10.8. The minimum Gasteiger partial charge on any atom is -0.484 e. The van der Waals surface area contributed by atoms with Gasteiger partial charge in [0.15, 0.2) is 6.61 Å². The van der Waals surface area contributed by atoms with Crippen LogP contribution in [0.1, 0.15) is 44.7 Å². The van der Waals surface area contributed by atoms with Gasteiger partial charge in [0.25, 0.3) is 5.91 Å². The van der Waals surface area contributed by atoms with E-state index in [0.29, 0.717) is 12.2 Å². The monoisotopic (exact) mass is 492 g/mol. The van der Waals surface area contributed by atoms with Gasteiger partial charge in [0, 0.05) is 17.1 Å². The van der Waals surface area contributed by atoms with Gasteiger partial charge in [-0.1, -0.05) is 41.9 Å². The van der Waals surface area contributed by atoms with Gasteiger partial charge in [-0.3, -0.25) is 9.59 Å². The SMILES string of the molecule is CC[C@@H](C)NC(=O)[C@H](CC)N(Cc1ccc(F)cc1)C(=O)COc1ccc(Br)c(C)c1. The average Bonchev–Trinajstić information content (AvgIpc) is 2.75. The summed E-state index contributed by atoms with van der Waals surface area (Å²) < 4.78 is 20.0. The fourth-order valence-electron chi connectivity index (χ4n) is 3.08. The molecule has 0 unspecified atom stereocenters. The van der Waals surface area contributed by atoms with Crippen LogP contribution in [0.2, 0.25) is 0 Å². The number of nitrogens with one attached hydrogen (secondary N) is 1. The molecule has 2 rings (SSSR count). The number of nitrogens with zero attached hydrogens (tertiary/aromatic N) is 1. The van der Waals surface area contributed by atoms with Gasteiger partial charge in [0.05, 0.1) is 0 Å². The molecule has 0 saturated heterocycles. The van der Waals surface area contributed by atoms with Crippen LogP contribution >= 0.6 is 15.9 Å². The Labute approximate surface area is 192 Å². The number of carbonyl (C=O) groups is 2. The first-order valence-corrected chi connectivity index (χ1v) is 11.3. The van der Waals surface area contributed by atoms with Crippen molar-refractivity contribution in [3.8, 4) is 5.75 Å². The van der Waals surface area contributed by atoms with Crippen LogP contribution in [0.3, 0.4) is 0 Å². The molecule has 0 aliphatic carbocycles. The first-order chi connectivity index (χ1) is 14.7. The number of halogens is 2. The number of benzene rings is 2. The van der Waals surface area contributed by atoms with Gasteiger partial charge in [0.1, 0.15) is 17.6 Å². The molecule has 0 heterocycles. The van der Waals surface area contributed by atoms with E-state index in [1.54, 1.807) is 18.2 Å². The Bertz CT molecular complexity index is 889. The second-order valence-corrected chi connectivity index (χ2v) is 8.44. The highest BCUT2D eigenvalue weighted by Crippen LogP contribution is 2.22. The van der Waals surface area contributed by atoms with Crippen molar-refractivity contribution < 1.29 is 18.7 Å². The predicted octanol–water partition coefficient (Wildman–Crippen LogP) is 5.00. The second kappa shape index (κ2) is 11.8. The van der Waals surface area contributed by atoms with Gasteiger partial charge >= 0.3 is 0 Å².